The molecule has 0 bridgehead atoms. The number of esters is 1. The first-order valence-electron chi connectivity index (χ1n) is 6.52. The quantitative estimate of drug-likeness (QED) is 0.787. The molecule has 0 aliphatic carbocycles. The predicted molar refractivity (Wildman–Crippen MR) is 70.6 cm³/mol. The fourth-order valence-corrected chi connectivity index (χ4v) is 2.16. The number of ether oxygens (including phenoxy) is 3. The van der Waals surface area contributed by atoms with Gasteiger partial charge in [0.1, 0.15) is 6.10 Å². The third-order valence-corrected chi connectivity index (χ3v) is 3.02. The van der Waals surface area contributed by atoms with Gasteiger partial charge in [0.2, 0.25) is 0 Å². The van der Waals surface area contributed by atoms with E-state index >= 15 is 0 Å². The highest BCUT2D eigenvalue weighted by atomic mass is 16.8. The van der Waals surface area contributed by atoms with Crippen molar-refractivity contribution in [2.45, 2.75) is 45.7 Å². The summed E-state index contributed by atoms with van der Waals surface area (Å²) in [5.74, 6) is -1.16. The van der Waals surface area contributed by atoms with Crippen LogP contribution in [-0.4, -0.2) is 24.5 Å². The summed E-state index contributed by atoms with van der Waals surface area (Å²) in [5, 5.41) is 0. The lowest BCUT2D eigenvalue weighted by atomic mass is 10.0. The molecule has 1 aromatic carbocycles. The van der Waals surface area contributed by atoms with E-state index in [2.05, 4.69) is 0 Å². The van der Waals surface area contributed by atoms with Gasteiger partial charge in [-0.15, -0.1) is 0 Å². The number of carbonyl (C=O) groups is 1. The summed E-state index contributed by atoms with van der Waals surface area (Å²) < 4.78 is 16.5. The number of hydrogen-bond acceptors (Lipinski definition) is 4. The smallest absolute Gasteiger partial charge is 0.338 e. The maximum atomic E-state index is 12.0. The molecule has 2 atom stereocenters. The summed E-state index contributed by atoms with van der Waals surface area (Å²) in [6.07, 6.45) is -1.13. The molecular formula is C15H20O4. The molecule has 104 valence electrons. The molecule has 4 nitrogen and oxygen atoms in total. The van der Waals surface area contributed by atoms with Gasteiger partial charge < -0.3 is 14.2 Å². The standard InChI is InChI=1S/C15H20O4/c1-5-17-14(16)13-12(18-15(3,4)19-13)11-8-6-10(2)7-9-11/h6-9,12-13H,5H2,1-4H3/t12-,13+/m1/s1. The van der Waals surface area contributed by atoms with Crippen LogP contribution in [0, 0.1) is 6.92 Å². The van der Waals surface area contributed by atoms with Crippen LogP contribution in [0.5, 0.6) is 0 Å². The Kier molecular flexibility index (Phi) is 3.92. The van der Waals surface area contributed by atoms with Crippen molar-refractivity contribution < 1.29 is 19.0 Å². The second kappa shape index (κ2) is 5.31. The topological polar surface area (TPSA) is 44.8 Å². The fourth-order valence-electron chi connectivity index (χ4n) is 2.16. The van der Waals surface area contributed by atoms with Crippen molar-refractivity contribution >= 4 is 5.97 Å². The summed E-state index contributed by atoms with van der Waals surface area (Å²) in [6, 6.07) is 7.90. The third-order valence-electron chi connectivity index (χ3n) is 3.02. The van der Waals surface area contributed by atoms with Crippen molar-refractivity contribution in [3.63, 3.8) is 0 Å². The van der Waals surface area contributed by atoms with Gasteiger partial charge in [0.15, 0.2) is 11.9 Å². The molecule has 0 radical (unpaired) electrons. The zero-order chi connectivity index (χ0) is 14.0. The third kappa shape index (κ3) is 3.14. The zero-order valence-corrected chi connectivity index (χ0v) is 11.8. The summed E-state index contributed by atoms with van der Waals surface area (Å²) in [7, 11) is 0. The number of benzene rings is 1. The molecule has 2 rings (SSSR count). The molecule has 1 heterocycles. The Morgan fingerprint density at radius 3 is 2.47 bits per heavy atom. The Morgan fingerprint density at radius 2 is 1.89 bits per heavy atom. The van der Waals surface area contributed by atoms with E-state index < -0.39 is 18.0 Å². The van der Waals surface area contributed by atoms with Crippen LogP contribution in [0.4, 0.5) is 0 Å². The van der Waals surface area contributed by atoms with Crippen LogP contribution in [0.1, 0.15) is 38.0 Å². The van der Waals surface area contributed by atoms with Crippen LogP contribution in [0.15, 0.2) is 24.3 Å². The Hall–Kier alpha value is -1.39. The summed E-state index contributed by atoms with van der Waals surface area (Å²) in [6.45, 7) is 7.73. The lowest BCUT2D eigenvalue weighted by molar-refractivity contribution is -0.170. The van der Waals surface area contributed by atoms with E-state index in [4.69, 9.17) is 14.2 Å². The Bertz CT molecular complexity index is 450. The van der Waals surface area contributed by atoms with Crippen LogP contribution < -0.4 is 0 Å². The van der Waals surface area contributed by atoms with Crippen LogP contribution in [0.25, 0.3) is 0 Å². The highest BCUT2D eigenvalue weighted by Gasteiger charge is 2.46. The number of carbonyl (C=O) groups excluding carboxylic acids is 1. The van der Waals surface area contributed by atoms with Gasteiger partial charge >= 0.3 is 5.97 Å². The molecule has 0 saturated carbocycles. The Balaban J connectivity index is 2.25. The molecular weight excluding hydrogens is 244 g/mol. The Labute approximate surface area is 113 Å². The second-order valence-corrected chi connectivity index (χ2v) is 5.14. The summed E-state index contributed by atoms with van der Waals surface area (Å²) >= 11 is 0. The van der Waals surface area contributed by atoms with Gasteiger partial charge in [-0.05, 0) is 33.3 Å². The molecule has 0 spiro atoms. The maximum absolute atomic E-state index is 12.0. The Morgan fingerprint density at radius 1 is 1.26 bits per heavy atom. The first-order chi connectivity index (χ1) is 8.93. The van der Waals surface area contributed by atoms with Crippen LogP contribution in [-0.2, 0) is 19.0 Å². The number of rotatable bonds is 3. The van der Waals surface area contributed by atoms with Crippen molar-refractivity contribution in [1.29, 1.82) is 0 Å². The van der Waals surface area contributed by atoms with E-state index in [-0.39, 0.29) is 5.97 Å². The highest BCUT2D eigenvalue weighted by Crippen LogP contribution is 2.38. The molecule has 0 N–H and O–H groups in total. The lowest BCUT2D eigenvalue weighted by Gasteiger charge is -2.16. The molecule has 1 aliphatic heterocycles. The first kappa shape index (κ1) is 14.0. The fraction of sp³-hybridized carbons (Fsp3) is 0.533. The predicted octanol–water partition coefficient (Wildman–Crippen LogP) is 2.75. The molecule has 1 saturated heterocycles. The van der Waals surface area contributed by atoms with Gasteiger partial charge in [0, 0.05) is 0 Å². The summed E-state index contributed by atoms with van der Waals surface area (Å²) in [5.41, 5.74) is 2.09. The number of aryl methyl sites for hydroxylation is 1. The zero-order valence-electron chi connectivity index (χ0n) is 11.8. The monoisotopic (exact) mass is 264 g/mol. The minimum atomic E-state index is -0.785. The second-order valence-electron chi connectivity index (χ2n) is 5.14. The van der Waals surface area contributed by atoms with Crippen molar-refractivity contribution in [3.8, 4) is 0 Å². The van der Waals surface area contributed by atoms with Crippen molar-refractivity contribution in [3.05, 3.63) is 35.4 Å². The van der Waals surface area contributed by atoms with E-state index in [1.807, 2.05) is 31.2 Å². The van der Waals surface area contributed by atoms with Crippen LogP contribution >= 0.6 is 0 Å². The van der Waals surface area contributed by atoms with E-state index in [1.165, 1.54) is 0 Å². The largest absolute Gasteiger partial charge is 0.464 e. The molecule has 4 heteroatoms. The van der Waals surface area contributed by atoms with E-state index in [9.17, 15) is 4.79 Å². The van der Waals surface area contributed by atoms with Gasteiger partial charge in [-0.25, -0.2) is 4.79 Å². The maximum Gasteiger partial charge on any atom is 0.338 e. The van der Waals surface area contributed by atoms with Crippen molar-refractivity contribution in [2.75, 3.05) is 6.61 Å². The van der Waals surface area contributed by atoms with Crippen molar-refractivity contribution in [1.82, 2.24) is 0 Å². The van der Waals surface area contributed by atoms with E-state index in [0.29, 0.717) is 6.61 Å². The molecule has 0 aromatic heterocycles. The van der Waals surface area contributed by atoms with Gasteiger partial charge in [-0.1, -0.05) is 29.8 Å². The summed E-state index contributed by atoms with van der Waals surface area (Å²) in [4.78, 5) is 12.0. The van der Waals surface area contributed by atoms with Crippen molar-refractivity contribution in [2.24, 2.45) is 0 Å². The van der Waals surface area contributed by atoms with Gasteiger partial charge in [-0.2, -0.15) is 0 Å². The van der Waals surface area contributed by atoms with E-state index in [0.717, 1.165) is 11.1 Å². The van der Waals surface area contributed by atoms with E-state index in [1.54, 1.807) is 20.8 Å². The van der Waals surface area contributed by atoms with Gasteiger partial charge in [0.05, 0.1) is 6.61 Å². The normalized spacial score (nSPS) is 25.3. The average molecular weight is 264 g/mol. The SMILES string of the molecule is CCOC(=O)[C@H]1OC(C)(C)O[C@@H]1c1ccc(C)cc1. The molecule has 0 unspecified atom stereocenters. The van der Waals surface area contributed by atoms with Gasteiger partial charge in [0.25, 0.3) is 0 Å². The minimum Gasteiger partial charge on any atom is -0.464 e. The average Bonchev–Trinajstić information content (AvgIpc) is 2.67. The first-order valence-corrected chi connectivity index (χ1v) is 6.52. The lowest BCUT2D eigenvalue weighted by Crippen LogP contribution is -2.29. The number of hydrogen-bond donors (Lipinski definition) is 0. The molecule has 1 aromatic rings. The molecule has 1 aliphatic rings. The van der Waals surface area contributed by atoms with Crippen LogP contribution in [0.3, 0.4) is 0 Å². The molecule has 0 amide bonds. The molecule has 19 heavy (non-hydrogen) atoms. The van der Waals surface area contributed by atoms with Crippen LogP contribution in [0.2, 0.25) is 0 Å². The van der Waals surface area contributed by atoms with Gasteiger partial charge in [-0.3, -0.25) is 0 Å². The molecule has 1 fully saturated rings. The minimum absolute atomic E-state index is 0.333. The highest BCUT2D eigenvalue weighted by molar-refractivity contribution is 5.76.